The zero-order valence-corrected chi connectivity index (χ0v) is 10.6. The molecular weight excluding hydrogens is 229 g/mol. The van der Waals surface area contributed by atoms with E-state index in [-0.39, 0.29) is 18.0 Å². The lowest BCUT2D eigenvalue weighted by molar-refractivity contribution is -0.118. The van der Waals surface area contributed by atoms with Gasteiger partial charge in [-0.2, -0.15) is 0 Å². The highest BCUT2D eigenvalue weighted by molar-refractivity contribution is 5.80. The molecule has 0 aliphatic carbocycles. The number of halogens is 1. The van der Waals surface area contributed by atoms with Crippen LogP contribution in [0.3, 0.4) is 0 Å². The first-order valence-corrected chi connectivity index (χ1v) is 6.71. The second-order valence-electron chi connectivity index (χ2n) is 5.04. The summed E-state index contributed by atoms with van der Waals surface area (Å²) < 4.78 is 13.4. The Kier molecular flexibility index (Phi) is 4.88. The zero-order valence-electron chi connectivity index (χ0n) is 10.6. The van der Waals surface area contributed by atoms with Gasteiger partial charge in [-0.1, -0.05) is 18.2 Å². The van der Waals surface area contributed by atoms with Crippen LogP contribution in [-0.4, -0.2) is 18.9 Å². The molecule has 2 rings (SSSR count). The summed E-state index contributed by atoms with van der Waals surface area (Å²) >= 11 is 0. The van der Waals surface area contributed by atoms with Crippen LogP contribution in [0.4, 0.5) is 4.39 Å². The van der Waals surface area contributed by atoms with Crippen molar-refractivity contribution < 1.29 is 9.18 Å². The van der Waals surface area contributed by atoms with Crippen molar-refractivity contribution in [3.05, 3.63) is 35.6 Å². The maximum Gasteiger partial charge on any atom is 0.137 e. The molecule has 2 nitrogen and oxygen atoms in total. The van der Waals surface area contributed by atoms with E-state index in [0.717, 1.165) is 32.4 Å². The molecule has 1 N–H and O–H groups in total. The quantitative estimate of drug-likeness (QED) is 0.869. The molecule has 1 heterocycles. The monoisotopic (exact) mass is 249 g/mol. The minimum absolute atomic E-state index is 0.152. The highest BCUT2D eigenvalue weighted by atomic mass is 19.1. The number of hydrogen-bond acceptors (Lipinski definition) is 2. The number of hydrogen-bond donors (Lipinski definition) is 1. The SMILES string of the molecule is O=C(CCC1CCNCC1)Cc1ccccc1F. The fourth-order valence-electron chi connectivity index (χ4n) is 2.48. The molecule has 1 saturated heterocycles. The molecule has 0 bridgehead atoms. The first-order chi connectivity index (χ1) is 8.75. The average Bonchev–Trinajstić information content (AvgIpc) is 2.40. The van der Waals surface area contributed by atoms with Crippen LogP contribution in [0.5, 0.6) is 0 Å². The Balaban J connectivity index is 1.76. The van der Waals surface area contributed by atoms with Gasteiger partial charge in [0.25, 0.3) is 0 Å². The lowest BCUT2D eigenvalue weighted by Crippen LogP contribution is -2.28. The molecule has 3 heteroatoms. The predicted molar refractivity (Wildman–Crippen MR) is 69.9 cm³/mol. The van der Waals surface area contributed by atoms with Gasteiger partial charge in [0, 0.05) is 12.8 Å². The van der Waals surface area contributed by atoms with E-state index in [0.29, 0.717) is 17.9 Å². The Labute approximate surface area is 108 Å². The van der Waals surface area contributed by atoms with Crippen LogP contribution in [0.25, 0.3) is 0 Å². The molecule has 1 aromatic carbocycles. The summed E-state index contributed by atoms with van der Waals surface area (Å²) in [4.78, 5) is 11.8. The van der Waals surface area contributed by atoms with Crippen LogP contribution in [-0.2, 0) is 11.2 Å². The maximum atomic E-state index is 13.4. The highest BCUT2D eigenvalue weighted by Gasteiger charge is 2.15. The van der Waals surface area contributed by atoms with Crippen molar-refractivity contribution >= 4 is 5.78 Å². The van der Waals surface area contributed by atoms with Gasteiger partial charge in [0.2, 0.25) is 0 Å². The Morgan fingerprint density at radius 2 is 2.00 bits per heavy atom. The summed E-state index contributed by atoms with van der Waals surface area (Å²) in [5, 5.41) is 3.32. The van der Waals surface area contributed by atoms with Gasteiger partial charge in [-0.3, -0.25) is 4.79 Å². The lowest BCUT2D eigenvalue weighted by atomic mass is 9.91. The Bertz CT molecular complexity index is 399. The molecule has 1 fully saturated rings. The molecule has 1 aromatic rings. The summed E-state index contributed by atoms with van der Waals surface area (Å²) in [5.41, 5.74) is 0.521. The van der Waals surface area contributed by atoms with E-state index >= 15 is 0 Å². The Hall–Kier alpha value is -1.22. The third kappa shape index (κ3) is 3.91. The molecule has 0 unspecified atom stereocenters. The van der Waals surface area contributed by atoms with Crippen LogP contribution in [0.2, 0.25) is 0 Å². The molecule has 0 saturated carbocycles. The summed E-state index contributed by atoms with van der Waals surface area (Å²) in [6, 6.07) is 6.53. The summed E-state index contributed by atoms with van der Waals surface area (Å²) in [5.74, 6) is 0.544. The molecule has 18 heavy (non-hydrogen) atoms. The van der Waals surface area contributed by atoms with Crippen molar-refractivity contribution in [2.45, 2.75) is 32.1 Å². The number of nitrogens with one attached hydrogen (secondary N) is 1. The summed E-state index contributed by atoms with van der Waals surface area (Å²) in [6.07, 6.45) is 4.09. The van der Waals surface area contributed by atoms with E-state index in [1.807, 2.05) is 0 Å². The van der Waals surface area contributed by atoms with Gasteiger partial charge < -0.3 is 5.32 Å². The minimum Gasteiger partial charge on any atom is -0.317 e. The zero-order chi connectivity index (χ0) is 12.8. The summed E-state index contributed by atoms with van der Waals surface area (Å²) in [7, 11) is 0. The van der Waals surface area contributed by atoms with Crippen molar-refractivity contribution in [1.82, 2.24) is 5.32 Å². The van der Waals surface area contributed by atoms with Crippen molar-refractivity contribution in [3.8, 4) is 0 Å². The number of Topliss-reactive ketones (excluding diaryl/α,β-unsaturated/α-hetero) is 1. The molecule has 0 atom stereocenters. The van der Waals surface area contributed by atoms with Gasteiger partial charge in [-0.15, -0.1) is 0 Å². The molecule has 0 spiro atoms. The summed E-state index contributed by atoms with van der Waals surface area (Å²) in [6.45, 7) is 2.12. The first kappa shape index (κ1) is 13.2. The Morgan fingerprint density at radius 1 is 1.28 bits per heavy atom. The molecular formula is C15H20FNO. The fourth-order valence-corrected chi connectivity index (χ4v) is 2.48. The van der Waals surface area contributed by atoms with Crippen LogP contribution in [0.1, 0.15) is 31.2 Å². The topological polar surface area (TPSA) is 29.1 Å². The molecule has 98 valence electrons. The van der Waals surface area contributed by atoms with Crippen molar-refractivity contribution in [2.75, 3.05) is 13.1 Å². The third-order valence-electron chi connectivity index (χ3n) is 3.64. The number of benzene rings is 1. The fraction of sp³-hybridized carbons (Fsp3) is 0.533. The Morgan fingerprint density at radius 3 is 2.72 bits per heavy atom. The van der Waals surface area contributed by atoms with Crippen LogP contribution < -0.4 is 5.32 Å². The van der Waals surface area contributed by atoms with E-state index < -0.39 is 0 Å². The number of piperidine rings is 1. The molecule has 0 radical (unpaired) electrons. The molecule has 0 aromatic heterocycles. The van der Waals surface area contributed by atoms with Gasteiger partial charge in [-0.25, -0.2) is 4.39 Å². The standard InChI is InChI=1S/C15H20FNO/c16-15-4-2-1-3-13(15)11-14(18)6-5-12-7-9-17-10-8-12/h1-4,12,17H,5-11H2. The number of ketones is 1. The largest absolute Gasteiger partial charge is 0.317 e. The van der Waals surface area contributed by atoms with Crippen LogP contribution in [0.15, 0.2) is 24.3 Å². The lowest BCUT2D eigenvalue weighted by Gasteiger charge is -2.22. The first-order valence-electron chi connectivity index (χ1n) is 6.71. The second-order valence-corrected chi connectivity index (χ2v) is 5.04. The van der Waals surface area contributed by atoms with Gasteiger partial charge in [-0.05, 0) is 49.9 Å². The van der Waals surface area contributed by atoms with E-state index in [4.69, 9.17) is 0 Å². The average molecular weight is 249 g/mol. The van der Waals surface area contributed by atoms with E-state index in [2.05, 4.69) is 5.32 Å². The van der Waals surface area contributed by atoms with Crippen molar-refractivity contribution in [2.24, 2.45) is 5.92 Å². The minimum atomic E-state index is -0.271. The van der Waals surface area contributed by atoms with Crippen molar-refractivity contribution in [1.29, 1.82) is 0 Å². The smallest absolute Gasteiger partial charge is 0.137 e. The van der Waals surface area contributed by atoms with E-state index in [9.17, 15) is 9.18 Å². The predicted octanol–water partition coefficient (Wildman–Crippen LogP) is 2.72. The van der Waals surface area contributed by atoms with Gasteiger partial charge >= 0.3 is 0 Å². The van der Waals surface area contributed by atoms with Gasteiger partial charge in [0.05, 0.1) is 0 Å². The normalized spacial score (nSPS) is 16.7. The molecule has 0 amide bonds. The van der Waals surface area contributed by atoms with E-state index in [1.54, 1.807) is 18.2 Å². The highest BCUT2D eigenvalue weighted by Crippen LogP contribution is 2.18. The third-order valence-corrected chi connectivity index (χ3v) is 3.64. The number of rotatable bonds is 5. The number of carbonyl (C=O) groups is 1. The molecule has 1 aliphatic rings. The maximum absolute atomic E-state index is 13.4. The van der Waals surface area contributed by atoms with E-state index in [1.165, 1.54) is 6.07 Å². The number of carbonyl (C=O) groups excluding carboxylic acids is 1. The van der Waals surface area contributed by atoms with Gasteiger partial charge in [0.1, 0.15) is 11.6 Å². The molecule has 1 aliphatic heterocycles. The van der Waals surface area contributed by atoms with Gasteiger partial charge in [0.15, 0.2) is 0 Å². The van der Waals surface area contributed by atoms with Crippen molar-refractivity contribution in [3.63, 3.8) is 0 Å². The second kappa shape index (κ2) is 6.64. The van der Waals surface area contributed by atoms with Crippen LogP contribution in [0, 0.1) is 11.7 Å². The van der Waals surface area contributed by atoms with Crippen LogP contribution >= 0.6 is 0 Å².